The van der Waals surface area contributed by atoms with Gasteiger partial charge in [-0.3, -0.25) is 4.79 Å². The first-order valence-corrected chi connectivity index (χ1v) is 7.09. The Balaban J connectivity index is 1.89. The van der Waals surface area contributed by atoms with Gasteiger partial charge in [-0.1, -0.05) is 12.1 Å². The van der Waals surface area contributed by atoms with Gasteiger partial charge >= 0.3 is 0 Å². The molecule has 2 heterocycles. The molecule has 0 saturated carbocycles. The number of anilines is 1. The molecule has 1 amide bonds. The molecule has 0 aliphatic carbocycles. The fourth-order valence-electron chi connectivity index (χ4n) is 2.20. The second kappa shape index (κ2) is 6.39. The molecule has 2 N–H and O–H groups in total. The van der Waals surface area contributed by atoms with Crippen LogP contribution in [0.2, 0.25) is 0 Å². The maximum atomic E-state index is 13.9. The van der Waals surface area contributed by atoms with Crippen LogP contribution < -0.4 is 10.6 Å². The lowest BCUT2D eigenvalue weighted by Crippen LogP contribution is -2.26. The Labute approximate surface area is 131 Å². The molecule has 3 rings (SSSR count). The Morgan fingerprint density at radius 3 is 2.87 bits per heavy atom. The molecule has 0 unspecified atom stereocenters. The Kier molecular flexibility index (Phi) is 4.13. The first kappa shape index (κ1) is 14.9. The molecule has 0 bridgehead atoms. The van der Waals surface area contributed by atoms with Gasteiger partial charge in [-0.15, -0.1) is 0 Å². The topological polar surface area (TPSA) is 84.7 Å². The molecule has 23 heavy (non-hydrogen) atoms. The van der Waals surface area contributed by atoms with E-state index in [0.29, 0.717) is 35.6 Å². The molecule has 0 aliphatic rings. The summed E-state index contributed by atoms with van der Waals surface area (Å²) in [4.78, 5) is 19.2. The summed E-state index contributed by atoms with van der Waals surface area (Å²) in [6.45, 7) is 2.44. The lowest BCUT2D eigenvalue weighted by Gasteiger charge is -2.07. The van der Waals surface area contributed by atoms with Crippen LogP contribution in [0.3, 0.4) is 0 Å². The van der Waals surface area contributed by atoms with Gasteiger partial charge in [-0.2, -0.15) is 5.10 Å². The predicted octanol–water partition coefficient (Wildman–Crippen LogP) is 1.50. The molecule has 8 heteroatoms. The van der Waals surface area contributed by atoms with E-state index in [1.54, 1.807) is 24.4 Å². The highest BCUT2D eigenvalue weighted by Gasteiger charge is 2.13. The molecule has 0 saturated heterocycles. The lowest BCUT2D eigenvalue weighted by atomic mass is 10.3. The van der Waals surface area contributed by atoms with E-state index in [4.69, 9.17) is 0 Å². The summed E-state index contributed by atoms with van der Waals surface area (Å²) in [5, 5.41) is 10.7. The standard InChI is InChI=1S/C15H15FN6O/c1-10(23)17-6-7-18-14-11-8-21-22(15(11)20-9-19-14)13-5-3-2-4-12(13)16/h2-5,8-9H,6-7H2,1H3,(H,17,23)(H,18,19,20). The zero-order valence-electron chi connectivity index (χ0n) is 12.5. The minimum Gasteiger partial charge on any atom is -0.368 e. The average Bonchev–Trinajstić information content (AvgIpc) is 2.96. The SMILES string of the molecule is CC(=O)NCCNc1ncnc2c1cnn2-c1ccccc1F. The number of rotatable bonds is 5. The summed E-state index contributed by atoms with van der Waals surface area (Å²) in [6.07, 6.45) is 2.98. The minimum absolute atomic E-state index is 0.0907. The van der Waals surface area contributed by atoms with E-state index in [1.807, 2.05) is 0 Å². The van der Waals surface area contributed by atoms with Crippen molar-refractivity contribution < 1.29 is 9.18 Å². The number of carbonyl (C=O) groups is 1. The molecule has 7 nitrogen and oxygen atoms in total. The van der Waals surface area contributed by atoms with Crippen molar-refractivity contribution in [3.05, 3.63) is 42.6 Å². The van der Waals surface area contributed by atoms with Gasteiger partial charge in [-0.25, -0.2) is 19.0 Å². The number of carbonyl (C=O) groups excluding carboxylic acids is 1. The van der Waals surface area contributed by atoms with Crippen molar-refractivity contribution in [3.63, 3.8) is 0 Å². The Morgan fingerprint density at radius 1 is 1.26 bits per heavy atom. The average molecular weight is 314 g/mol. The van der Waals surface area contributed by atoms with Gasteiger partial charge < -0.3 is 10.6 Å². The van der Waals surface area contributed by atoms with E-state index < -0.39 is 0 Å². The first-order chi connectivity index (χ1) is 11.2. The number of fused-ring (bicyclic) bond motifs is 1. The smallest absolute Gasteiger partial charge is 0.216 e. The monoisotopic (exact) mass is 314 g/mol. The summed E-state index contributed by atoms with van der Waals surface area (Å²) in [5.41, 5.74) is 0.831. The van der Waals surface area contributed by atoms with E-state index in [1.165, 1.54) is 24.0 Å². The van der Waals surface area contributed by atoms with Crippen molar-refractivity contribution in [3.8, 4) is 5.69 Å². The third-order valence-electron chi connectivity index (χ3n) is 3.24. The number of aromatic nitrogens is 4. The molecule has 0 fully saturated rings. The fraction of sp³-hybridized carbons (Fsp3) is 0.200. The summed E-state index contributed by atoms with van der Waals surface area (Å²) >= 11 is 0. The fourth-order valence-corrected chi connectivity index (χ4v) is 2.20. The van der Waals surface area contributed by atoms with Crippen LogP contribution in [0.25, 0.3) is 16.7 Å². The molecule has 2 aromatic heterocycles. The van der Waals surface area contributed by atoms with Crippen LogP contribution in [-0.4, -0.2) is 38.7 Å². The summed E-state index contributed by atoms with van der Waals surface area (Å²) < 4.78 is 15.4. The number of halogens is 1. The maximum Gasteiger partial charge on any atom is 0.216 e. The quantitative estimate of drug-likeness (QED) is 0.697. The van der Waals surface area contributed by atoms with Crippen LogP contribution >= 0.6 is 0 Å². The Morgan fingerprint density at radius 2 is 2.09 bits per heavy atom. The molecular formula is C15H15FN6O. The van der Waals surface area contributed by atoms with Crippen LogP contribution in [0.5, 0.6) is 0 Å². The Bertz CT molecular complexity index is 847. The number of nitrogens with zero attached hydrogens (tertiary/aromatic N) is 4. The number of hydrogen-bond acceptors (Lipinski definition) is 5. The number of hydrogen-bond donors (Lipinski definition) is 2. The van der Waals surface area contributed by atoms with Gasteiger partial charge in [0.2, 0.25) is 5.91 Å². The first-order valence-electron chi connectivity index (χ1n) is 7.09. The predicted molar refractivity (Wildman–Crippen MR) is 83.8 cm³/mol. The second-order valence-electron chi connectivity index (χ2n) is 4.88. The van der Waals surface area contributed by atoms with E-state index >= 15 is 0 Å². The summed E-state index contributed by atoms with van der Waals surface area (Å²) in [5.74, 6) is 0.117. The van der Waals surface area contributed by atoms with E-state index in [9.17, 15) is 9.18 Å². The van der Waals surface area contributed by atoms with Gasteiger partial charge in [0.05, 0.1) is 11.6 Å². The molecule has 0 aliphatic heterocycles. The third-order valence-corrected chi connectivity index (χ3v) is 3.24. The zero-order valence-corrected chi connectivity index (χ0v) is 12.5. The number of nitrogens with one attached hydrogen (secondary N) is 2. The lowest BCUT2D eigenvalue weighted by molar-refractivity contribution is -0.118. The Hall–Kier alpha value is -3.03. The van der Waals surface area contributed by atoms with Crippen LogP contribution in [0, 0.1) is 5.82 Å². The molecule has 1 aromatic carbocycles. The summed E-state index contributed by atoms with van der Waals surface area (Å²) in [6, 6.07) is 6.36. The van der Waals surface area contributed by atoms with Crippen molar-refractivity contribution in [2.45, 2.75) is 6.92 Å². The van der Waals surface area contributed by atoms with Crippen LogP contribution in [0.15, 0.2) is 36.8 Å². The molecule has 0 radical (unpaired) electrons. The van der Waals surface area contributed by atoms with Crippen LogP contribution in [-0.2, 0) is 4.79 Å². The molecule has 118 valence electrons. The molecule has 0 atom stereocenters. The third kappa shape index (κ3) is 3.10. The van der Waals surface area contributed by atoms with Gasteiger partial charge in [0, 0.05) is 20.0 Å². The highest BCUT2D eigenvalue weighted by Crippen LogP contribution is 2.22. The van der Waals surface area contributed by atoms with Crippen LogP contribution in [0.1, 0.15) is 6.92 Å². The van der Waals surface area contributed by atoms with Crippen molar-refractivity contribution in [2.75, 3.05) is 18.4 Å². The van der Waals surface area contributed by atoms with Crippen LogP contribution in [0.4, 0.5) is 10.2 Å². The molecular weight excluding hydrogens is 299 g/mol. The second-order valence-corrected chi connectivity index (χ2v) is 4.88. The zero-order chi connectivity index (χ0) is 16.2. The van der Waals surface area contributed by atoms with Gasteiger partial charge in [0.25, 0.3) is 0 Å². The van der Waals surface area contributed by atoms with Gasteiger partial charge in [0.15, 0.2) is 5.65 Å². The molecule has 3 aromatic rings. The van der Waals surface area contributed by atoms with Crippen molar-refractivity contribution in [1.29, 1.82) is 0 Å². The van der Waals surface area contributed by atoms with Crippen molar-refractivity contribution in [2.24, 2.45) is 0 Å². The number of benzene rings is 1. The van der Waals surface area contributed by atoms with Gasteiger partial charge in [-0.05, 0) is 12.1 Å². The van der Waals surface area contributed by atoms with Crippen molar-refractivity contribution >= 4 is 22.8 Å². The highest BCUT2D eigenvalue weighted by molar-refractivity contribution is 5.87. The maximum absolute atomic E-state index is 13.9. The van der Waals surface area contributed by atoms with E-state index in [-0.39, 0.29) is 11.7 Å². The number of para-hydroxylation sites is 1. The normalized spacial score (nSPS) is 10.7. The van der Waals surface area contributed by atoms with Crippen molar-refractivity contribution in [1.82, 2.24) is 25.1 Å². The minimum atomic E-state index is -0.378. The highest BCUT2D eigenvalue weighted by atomic mass is 19.1. The summed E-state index contributed by atoms with van der Waals surface area (Å²) in [7, 11) is 0. The van der Waals surface area contributed by atoms with Gasteiger partial charge in [0.1, 0.15) is 23.6 Å². The van der Waals surface area contributed by atoms with E-state index in [0.717, 1.165) is 0 Å². The molecule has 0 spiro atoms. The van der Waals surface area contributed by atoms with E-state index in [2.05, 4.69) is 25.7 Å². The number of amides is 1. The largest absolute Gasteiger partial charge is 0.368 e.